The van der Waals surface area contributed by atoms with Crippen molar-refractivity contribution in [2.75, 3.05) is 5.32 Å². The number of nitrogens with one attached hydrogen (secondary N) is 1. The molecule has 0 spiro atoms. The zero-order valence-electron chi connectivity index (χ0n) is 17.0. The minimum absolute atomic E-state index is 0.110. The molecule has 0 aliphatic carbocycles. The fourth-order valence-corrected chi connectivity index (χ4v) is 3.82. The lowest BCUT2D eigenvalue weighted by atomic mass is 9.97. The number of anilines is 1. The Morgan fingerprint density at radius 2 is 1.83 bits per heavy atom. The van der Waals surface area contributed by atoms with E-state index in [2.05, 4.69) is 29.4 Å². The summed E-state index contributed by atoms with van der Waals surface area (Å²) >= 11 is 1.29. The molecule has 2 aromatic carbocycles. The Morgan fingerprint density at radius 3 is 2.55 bits per heavy atom. The Hall–Kier alpha value is -2.67. The van der Waals surface area contributed by atoms with Crippen LogP contribution in [-0.4, -0.2) is 25.9 Å². The van der Waals surface area contributed by atoms with Crippen molar-refractivity contribution in [3.8, 4) is 11.4 Å². The monoisotopic (exact) mass is 412 g/mol. The van der Waals surface area contributed by atoms with Gasteiger partial charge >= 0.3 is 0 Å². The Labute approximate surface area is 174 Å². The smallest absolute Gasteiger partial charge is 0.237 e. The first-order valence-corrected chi connectivity index (χ1v) is 10.5. The van der Waals surface area contributed by atoms with Gasteiger partial charge in [-0.1, -0.05) is 55.9 Å². The SMILES string of the molecule is CC[C@H](C)c1ccccc1NC(=O)[C@H](C)Sc1nnc(-c2ccccc2F)n1C. The highest BCUT2D eigenvalue weighted by molar-refractivity contribution is 8.00. The van der Waals surface area contributed by atoms with Gasteiger partial charge in [0.2, 0.25) is 5.91 Å². The number of para-hydroxylation sites is 1. The van der Waals surface area contributed by atoms with E-state index in [0.717, 1.165) is 17.7 Å². The van der Waals surface area contributed by atoms with E-state index in [9.17, 15) is 9.18 Å². The molecular formula is C22H25FN4OS. The van der Waals surface area contributed by atoms with Gasteiger partial charge in [0, 0.05) is 12.7 Å². The molecule has 3 aromatic rings. The number of halogens is 1. The number of hydrogen-bond donors (Lipinski definition) is 1. The van der Waals surface area contributed by atoms with Crippen LogP contribution in [0, 0.1) is 5.82 Å². The second kappa shape index (κ2) is 9.22. The highest BCUT2D eigenvalue weighted by atomic mass is 32.2. The molecule has 0 radical (unpaired) electrons. The summed E-state index contributed by atoms with van der Waals surface area (Å²) in [6.07, 6.45) is 0.995. The molecule has 0 saturated heterocycles. The molecule has 1 aromatic heterocycles. The van der Waals surface area contributed by atoms with E-state index < -0.39 is 5.25 Å². The Balaban J connectivity index is 1.74. The van der Waals surface area contributed by atoms with E-state index in [1.165, 1.54) is 17.8 Å². The van der Waals surface area contributed by atoms with Crippen molar-refractivity contribution in [2.24, 2.45) is 7.05 Å². The molecule has 152 valence electrons. The van der Waals surface area contributed by atoms with Gasteiger partial charge in [0.05, 0.1) is 10.8 Å². The van der Waals surface area contributed by atoms with Crippen LogP contribution in [0.3, 0.4) is 0 Å². The van der Waals surface area contributed by atoms with Crippen molar-refractivity contribution in [1.82, 2.24) is 14.8 Å². The Kier molecular flexibility index (Phi) is 6.69. The van der Waals surface area contributed by atoms with E-state index in [1.807, 2.05) is 31.2 Å². The largest absolute Gasteiger partial charge is 0.325 e. The van der Waals surface area contributed by atoms with Crippen LogP contribution in [0.1, 0.15) is 38.7 Å². The summed E-state index contributed by atoms with van der Waals surface area (Å²) in [5.74, 6) is 0.324. The molecule has 0 saturated carbocycles. The molecule has 3 rings (SSSR count). The number of hydrogen-bond acceptors (Lipinski definition) is 4. The molecule has 0 aliphatic rings. The second-order valence-corrected chi connectivity index (χ2v) is 8.30. The summed E-state index contributed by atoms with van der Waals surface area (Å²) in [5, 5.41) is 11.5. The van der Waals surface area contributed by atoms with Crippen LogP contribution in [0.5, 0.6) is 0 Å². The third-order valence-corrected chi connectivity index (χ3v) is 6.10. The van der Waals surface area contributed by atoms with Gasteiger partial charge in [0.15, 0.2) is 11.0 Å². The molecule has 7 heteroatoms. The average molecular weight is 413 g/mol. The zero-order valence-corrected chi connectivity index (χ0v) is 17.8. The van der Waals surface area contributed by atoms with Crippen LogP contribution in [0.25, 0.3) is 11.4 Å². The summed E-state index contributed by atoms with van der Waals surface area (Å²) in [4.78, 5) is 12.8. The normalized spacial score (nSPS) is 13.1. The highest BCUT2D eigenvalue weighted by Gasteiger charge is 2.21. The lowest BCUT2D eigenvalue weighted by Crippen LogP contribution is -2.23. The van der Waals surface area contributed by atoms with Gasteiger partial charge in [-0.25, -0.2) is 4.39 Å². The first-order valence-electron chi connectivity index (χ1n) is 9.63. The highest BCUT2D eigenvalue weighted by Crippen LogP contribution is 2.29. The zero-order chi connectivity index (χ0) is 21.0. The molecule has 0 aliphatic heterocycles. The Morgan fingerprint density at radius 1 is 1.14 bits per heavy atom. The minimum Gasteiger partial charge on any atom is -0.325 e. The number of amides is 1. The van der Waals surface area contributed by atoms with Crippen molar-refractivity contribution in [1.29, 1.82) is 0 Å². The Bertz CT molecular complexity index is 1000. The number of rotatable bonds is 7. The van der Waals surface area contributed by atoms with Crippen LogP contribution >= 0.6 is 11.8 Å². The lowest BCUT2D eigenvalue weighted by molar-refractivity contribution is -0.115. The molecule has 2 atom stereocenters. The van der Waals surface area contributed by atoms with E-state index >= 15 is 0 Å². The number of aromatic nitrogens is 3. The maximum Gasteiger partial charge on any atom is 0.237 e. The molecule has 29 heavy (non-hydrogen) atoms. The lowest BCUT2D eigenvalue weighted by Gasteiger charge is -2.17. The fraction of sp³-hybridized carbons (Fsp3) is 0.318. The maximum absolute atomic E-state index is 14.1. The maximum atomic E-state index is 14.1. The summed E-state index contributed by atoms with van der Waals surface area (Å²) in [6, 6.07) is 14.3. The quantitative estimate of drug-likeness (QED) is 0.538. The van der Waals surface area contributed by atoms with Crippen LogP contribution in [-0.2, 0) is 11.8 Å². The number of carbonyl (C=O) groups is 1. The number of nitrogens with zero attached hydrogens (tertiary/aromatic N) is 3. The topological polar surface area (TPSA) is 59.8 Å². The van der Waals surface area contributed by atoms with Crippen molar-refractivity contribution >= 4 is 23.4 Å². The van der Waals surface area contributed by atoms with Crippen LogP contribution in [0.2, 0.25) is 0 Å². The number of carbonyl (C=O) groups excluding carboxylic acids is 1. The van der Waals surface area contributed by atoms with Crippen molar-refractivity contribution in [3.63, 3.8) is 0 Å². The van der Waals surface area contributed by atoms with Crippen LogP contribution in [0.15, 0.2) is 53.7 Å². The molecular weight excluding hydrogens is 387 g/mol. The van der Waals surface area contributed by atoms with E-state index in [-0.39, 0.29) is 11.7 Å². The van der Waals surface area contributed by atoms with Crippen molar-refractivity contribution in [2.45, 2.75) is 43.5 Å². The number of thioether (sulfide) groups is 1. The molecule has 0 unspecified atom stereocenters. The van der Waals surface area contributed by atoms with E-state index in [0.29, 0.717) is 22.5 Å². The van der Waals surface area contributed by atoms with Gasteiger partial charge in [-0.05, 0) is 43.0 Å². The predicted octanol–water partition coefficient (Wildman–Crippen LogP) is 5.25. The van der Waals surface area contributed by atoms with E-state index in [4.69, 9.17) is 0 Å². The predicted molar refractivity (Wildman–Crippen MR) is 115 cm³/mol. The molecule has 1 amide bonds. The third kappa shape index (κ3) is 4.67. The van der Waals surface area contributed by atoms with Crippen molar-refractivity contribution < 1.29 is 9.18 Å². The van der Waals surface area contributed by atoms with Gasteiger partial charge in [0.1, 0.15) is 5.82 Å². The van der Waals surface area contributed by atoms with Gasteiger partial charge < -0.3 is 9.88 Å². The first kappa shape index (κ1) is 21.0. The van der Waals surface area contributed by atoms with Gasteiger partial charge in [-0.3, -0.25) is 4.79 Å². The molecule has 0 fully saturated rings. The van der Waals surface area contributed by atoms with Crippen LogP contribution < -0.4 is 5.32 Å². The molecule has 1 N–H and O–H groups in total. The second-order valence-electron chi connectivity index (χ2n) is 6.99. The van der Waals surface area contributed by atoms with Crippen molar-refractivity contribution in [3.05, 3.63) is 59.9 Å². The third-order valence-electron chi connectivity index (χ3n) is 4.96. The number of benzene rings is 2. The van der Waals surface area contributed by atoms with Gasteiger partial charge in [0.25, 0.3) is 0 Å². The van der Waals surface area contributed by atoms with Crippen LogP contribution in [0.4, 0.5) is 10.1 Å². The van der Waals surface area contributed by atoms with Gasteiger partial charge in [-0.15, -0.1) is 10.2 Å². The van der Waals surface area contributed by atoms with Gasteiger partial charge in [-0.2, -0.15) is 0 Å². The molecule has 1 heterocycles. The van der Waals surface area contributed by atoms with E-state index in [1.54, 1.807) is 29.8 Å². The molecule has 0 bridgehead atoms. The first-order chi connectivity index (χ1) is 13.9. The summed E-state index contributed by atoms with van der Waals surface area (Å²) < 4.78 is 15.8. The summed E-state index contributed by atoms with van der Waals surface area (Å²) in [7, 11) is 1.77. The fourth-order valence-electron chi connectivity index (χ4n) is 3.00. The summed E-state index contributed by atoms with van der Waals surface area (Å²) in [6.45, 7) is 6.10. The summed E-state index contributed by atoms with van der Waals surface area (Å²) in [5.41, 5.74) is 2.35. The minimum atomic E-state index is -0.392. The average Bonchev–Trinajstić information content (AvgIpc) is 3.08. The molecule has 5 nitrogen and oxygen atoms in total. The standard InChI is InChI=1S/C22H25FN4OS/c1-5-14(2)16-10-7-9-13-19(16)24-21(28)15(3)29-22-26-25-20(27(22)4)17-11-6-8-12-18(17)23/h6-15H,5H2,1-4H3,(H,24,28)/t14-,15-/m0/s1.